The molecule has 2 heterocycles. The number of amides is 1. The quantitative estimate of drug-likeness (QED) is 0.559. The minimum atomic E-state index is -0.479. The Morgan fingerprint density at radius 1 is 1.26 bits per heavy atom. The van der Waals surface area contributed by atoms with Crippen LogP contribution in [-0.4, -0.2) is 52.7 Å². The SMILES string of the molecule is CCOC(=O)c1nn(-c2ccc(OC)cc2)c2c1CN(C(=O)CCCl)CC2. The Bertz CT molecular complexity index is 832. The van der Waals surface area contributed by atoms with Crippen molar-refractivity contribution in [2.24, 2.45) is 0 Å². The van der Waals surface area contributed by atoms with Gasteiger partial charge in [0, 0.05) is 37.4 Å². The van der Waals surface area contributed by atoms with E-state index in [1.54, 1.807) is 23.6 Å². The van der Waals surface area contributed by atoms with Gasteiger partial charge in [-0.2, -0.15) is 5.10 Å². The monoisotopic (exact) mass is 391 g/mol. The number of fused-ring (bicyclic) bond motifs is 1. The molecule has 1 aliphatic heterocycles. The van der Waals surface area contributed by atoms with Gasteiger partial charge in [-0.05, 0) is 31.2 Å². The molecule has 1 aromatic heterocycles. The predicted octanol–water partition coefficient (Wildman–Crippen LogP) is 2.57. The second-order valence-electron chi connectivity index (χ2n) is 6.11. The van der Waals surface area contributed by atoms with Gasteiger partial charge in [-0.3, -0.25) is 4.79 Å². The van der Waals surface area contributed by atoms with Crippen molar-refractivity contribution < 1.29 is 19.1 Å². The van der Waals surface area contributed by atoms with Crippen LogP contribution in [0.2, 0.25) is 0 Å². The van der Waals surface area contributed by atoms with E-state index in [1.807, 2.05) is 24.3 Å². The molecule has 0 aliphatic carbocycles. The standard InChI is InChI=1S/C19H22ClN3O4/c1-3-27-19(25)18-15-12-22(17(24)8-10-20)11-9-16(15)23(21-18)13-4-6-14(26-2)7-5-13/h4-7H,3,8-12H2,1-2H3. The third-order valence-electron chi connectivity index (χ3n) is 4.50. The van der Waals surface area contributed by atoms with E-state index in [0.29, 0.717) is 19.5 Å². The third kappa shape index (κ3) is 3.93. The number of benzene rings is 1. The lowest BCUT2D eigenvalue weighted by atomic mass is 10.0. The number of alkyl halides is 1. The summed E-state index contributed by atoms with van der Waals surface area (Å²) in [7, 11) is 1.61. The van der Waals surface area contributed by atoms with Crippen molar-refractivity contribution in [2.75, 3.05) is 26.1 Å². The number of esters is 1. The second-order valence-corrected chi connectivity index (χ2v) is 6.49. The Labute approximate surface area is 162 Å². The number of rotatable bonds is 6. The Hall–Kier alpha value is -2.54. The van der Waals surface area contributed by atoms with E-state index in [2.05, 4.69) is 5.10 Å². The highest BCUT2D eigenvalue weighted by Gasteiger charge is 2.30. The lowest BCUT2D eigenvalue weighted by molar-refractivity contribution is -0.131. The van der Waals surface area contributed by atoms with Crippen LogP contribution in [0.1, 0.15) is 35.1 Å². The summed E-state index contributed by atoms with van der Waals surface area (Å²) in [6.45, 7) is 2.90. The molecule has 0 N–H and O–H groups in total. The number of nitrogens with zero attached hydrogens (tertiary/aromatic N) is 3. The molecule has 0 bridgehead atoms. The van der Waals surface area contributed by atoms with Crippen LogP contribution < -0.4 is 4.74 Å². The molecule has 144 valence electrons. The summed E-state index contributed by atoms with van der Waals surface area (Å²) in [5.41, 5.74) is 2.73. The molecule has 0 saturated carbocycles. The predicted molar refractivity (Wildman–Crippen MR) is 101 cm³/mol. The minimum Gasteiger partial charge on any atom is -0.497 e. The number of methoxy groups -OCH3 is 1. The Kier molecular flexibility index (Phi) is 6.01. The first-order chi connectivity index (χ1) is 13.1. The van der Waals surface area contributed by atoms with Crippen molar-refractivity contribution in [2.45, 2.75) is 26.3 Å². The first-order valence-corrected chi connectivity index (χ1v) is 9.38. The van der Waals surface area contributed by atoms with E-state index >= 15 is 0 Å². The molecule has 7 nitrogen and oxygen atoms in total. The number of hydrogen-bond donors (Lipinski definition) is 0. The van der Waals surface area contributed by atoms with Crippen molar-refractivity contribution in [1.29, 1.82) is 0 Å². The maximum absolute atomic E-state index is 12.4. The summed E-state index contributed by atoms with van der Waals surface area (Å²) in [5, 5.41) is 4.51. The van der Waals surface area contributed by atoms with Gasteiger partial charge in [0.2, 0.25) is 5.91 Å². The fourth-order valence-electron chi connectivity index (χ4n) is 3.17. The van der Waals surface area contributed by atoms with Gasteiger partial charge in [0.1, 0.15) is 5.75 Å². The molecule has 0 fully saturated rings. The first kappa shape index (κ1) is 19.2. The van der Waals surface area contributed by atoms with Gasteiger partial charge in [0.05, 0.1) is 25.1 Å². The van der Waals surface area contributed by atoms with Gasteiger partial charge in [0.15, 0.2) is 5.69 Å². The molecule has 27 heavy (non-hydrogen) atoms. The van der Waals surface area contributed by atoms with Crippen LogP contribution in [0.15, 0.2) is 24.3 Å². The van der Waals surface area contributed by atoms with Crippen molar-refractivity contribution in [3.63, 3.8) is 0 Å². The van der Waals surface area contributed by atoms with E-state index < -0.39 is 5.97 Å². The normalized spacial score (nSPS) is 13.2. The summed E-state index contributed by atoms with van der Waals surface area (Å²) in [6, 6.07) is 7.44. The fraction of sp³-hybridized carbons (Fsp3) is 0.421. The summed E-state index contributed by atoms with van der Waals surface area (Å²) in [4.78, 5) is 26.4. The average Bonchev–Trinajstić information content (AvgIpc) is 3.07. The molecule has 1 aliphatic rings. The van der Waals surface area contributed by atoms with Crippen LogP contribution in [0.4, 0.5) is 0 Å². The molecule has 1 aromatic carbocycles. The van der Waals surface area contributed by atoms with Crippen LogP contribution in [0.5, 0.6) is 5.75 Å². The Morgan fingerprint density at radius 2 is 2.00 bits per heavy atom. The number of aromatic nitrogens is 2. The topological polar surface area (TPSA) is 73.7 Å². The molecule has 1 amide bonds. The van der Waals surface area contributed by atoms with Gasteiger partial charge >= 0.3 is 5.97 Å². The summed E-state index contributed by atoms with van der Waals surface area (Å²) >= 11 is 5.70. The zero-order chi connectivity index (χ0) is 19.4. The number of carbonyl (C=O) groups excluding carboxylic acids is 2. The van der Waals surface area contributed by atoms with Gasteiger partial charge in [0.25, 0.3) is 0 Å². The van der Waals surface area contributed by atoms with Crippen LogP contribution >= 0.6 is 11.6 Å². The van der Waals surface area contributed by atoms with Crippen molar-refractivity contribution in [1.82, 2.24) is 14.7 Å². The van der Waals surface area contributed by atoms with E-state index in [0.717, 1.165) is 22.7 Å². The molecule has 0 spiro atoms. The molecule has 0 unspecified atom stereocenters. The van der Waals surface area contributed by atoms with Gasteiger partial charge in [-0.15, -0.1) is 11.6 Å². The highest BCUT2D eigenvalue weighted by molar-refractivity contribution is 6.18. The lowest BCUT2D eigenvalue weighted by Gasteiger charge is -2.27. The Balaban J connectivity index is 2.00. The van der Waals surface area contributed by atoms with Gasteiger partial charge in [-0.25, -0.2) is 9.48 Å². The third-order valence-corrected chi connectivity index (χ3v) is 4.69. The zero-order valence-corrected chi connectivity index (χ0v) is 16.2. The van der Waals surface area contributed by atoms with Crippen LogP contribution in [0.25, 0.3) is 5.69 Å². The van der Waals surface area contributed by atoms with Crippen LogP contribution in [0.3, 0.4) is 0 Å². The molecular weight excluding hydrogens is 370 g/mol. The smallest absolute Gasteiger partial charge is 0.359 e. The fourth-order valence-corrected chi connectivity index (χ4v) is 3.33. The number of carbonyl (C=O) groups is 2. The molecule has 2 aromatic rings. The van der Waals surface area contributed by atoms with Crippen LogP contribution in [0, 0.1) is 0 Å². The maximum atomic E-state index is 12.4. The maximum Gasteiger partial charge on any atom is 0.359 e. The largest absolute Gasteiger partial charge is 0.497 e. The summed E-state index contributed by atoms with van der Waals surface area (Å²) in [6.07, 6.45) is 0.875. The minimum absolute atomic E-state index is 0.0253. The van der Waals surface area contributed by atoms with E-state index in [4.69, 9.17) is 21.1 Å². The number of halogens is 1. The lowest BCUT2D eigenvalue weighted by Crippen LogP contribution is -2.36. The highest BCUT2D eigenvalue weighted by atomic mass is 35.5. The number of hydrogen-bond acceptors (Lipinski definition) is 5. The van der Waals surface area contributed by atoms with Crippen molar-refractivity contribution in [3.8, 4) is 11.4 Å². The average molecular weight is 392 g/mol. The first-order valence-electron chi connectivity index (χ1n) is 8.85. The van der Waals surface area contributed by atoms with Crippen molar-refractivity contribution in [3.05, 3.63) is 41.2 Å². The van der Waals surface area contributed by atoms with Gasteiger partial charge < -0.3 is 14.4 Å². The summed E-state index contributed by atoms with van der Waals surface area (Å²) < 4.78 is 12.1. The molecule has 0 atom stereocenters. The molecule has 0 saturated heterocycles. The summed E-state index contributed by atoms with van der Waals surface area (Å²) in [5.74, 6) is 0.511. The van der Waals surface area contributed by atoms with E-state index in [-0.39, 0.29) is 30.5 Å². The molecule has 8 heteroatoms. The van der Waals surface area contributed by atoms with Crippen LogP contribution in [-0.2, 0) is 22.5 Å². The Morgan fingerprint density at radius 3 is 2.63 bits per heavy atom. The molecule has 0 radical (unpaired) electrons. The number of ether oxygens (including phenoxy) is 2. The zero-order valence-electron chi connectivity index (χ0n) is 15.4. The second kappa shape index (κ2) is 8.43. The van der Waals surface area contributed by atoms with Gasteiger partial charge in [-0.1, -0.05) is 0 Å². The molecular formula is C19H22ClN3O4. The van der Waals surface area contributed by atoms with E-state index in [9.17, 15) is 9.59 Å². The highest BCUT2D eigenvalue weighted by Crippen LogP contribution is 2.27. The molecule has 3 rings (SSSR count). The van der Waals surface area contributed by atoms with Crippen molar-refractivity contribution >= 4 is 23.5 Å². The van der Waals surface area contributed by atoms with E-state index in [1.165, 1.54) is 0 Å².